The van der Waals surface area contributed by atoms with Gasteiger partial charge in [-0.2, -0.15) is 0 Å². The Labute approximate surface area is 146 Å². The highest BCUT2D eigenvalue weighted by Gasteiger charge is 2.21. The molecule has 2 aromatic carbocycles. The average molecular weight is 329 g/mol. The largest absolute Gasteiger partial charge is 0.383 e. The summed E-state index contributed by atoms with van der Waals surface area (Å²) in [4.78, 5) is 16.7. The molecule has 25 heavy (non-hydrogen) atoms. The summed E-state index contributed by atoms with van der Waals surface area (Å²) in [6, 6.07) is 18.4. The summed E-state index contributed by atoms with van der Waals surface area (Å²) in [6.07, 6.45) is 4.62. The molecule has 4 rings (SSSR count). The Morgan fingerprint density at radius 2 is 1.88 bits per heavy atom. The highest BCUT2D eigenvalue weighted by atomic mass is 16.1. The predicted molar refractivity (Wildman–Crippen MR) is 101 cm³/mol. The number of hydrogen-bond donors (Lipinski definition) is 2. The van der Waals surface area contributed by atoms with Crippen LogP contribution in [0, 0.1) is 0 Å². The molecule has 4 nitrogen and oxygen atoms in total. The first-order valence-electron chi connectivity index (χ1n) is 8.39. The second-order valence-electron chi connectivity index (χ2n) is 6.13. The first kappa shape index (κ1) is 15.3. The van der Waals surface area contributed by atoms with Crippen molar-refractivity contribution in [3.05, 3.63) is 83.8 Å². The second kappa shape index (κ2) is 6.71. The molecule has 1 aliphatic heterocycles. The topological polar surface area (TPSA) is 48.1 Å². The molecule has 0 unspecified atom stereocenters. The van der Waals surface area contributed by atoms with Crippen LogP contribution < -0.4 is 10.2 Å². The number of nitrogens with one attached hydrogen (secondary N) is 2. The first-order valence-corrected chi connectivity index (χ1v) is 8.39. The van der Waals surface area contributed by atoms with Gasteiger partial charge in [-0.05, 0) is 11.6 Å². The van der Waals surface area contributed by atoms with Gasteiger partial charge >= 0.3 is 0 Å². The monoisotopic (exact) mass is 329 g/mol. The van der Waals surface area contributed by atoms with Crippen molar-refractivity contribution >= 4 is 22.5 Å². The maximum absolute atomic E-state index is 11.4. The maximum Gasteiger partial charge on any atom is 0.146 e. The zero-order valence-corrected chi connectivity index (χ0v) is 13.8. The minimum absolute atomic E-state index is 0.583. The normalized spacial score (nSPS) is 14.3. The van der Waals surface area contributed by atoms with Crippen LogP contribution in [0.4, 0.5) is 5.69 Å². The molecule has 0 saturated carbocycles. The highest BCUT2D eigenvalue weighted by molar-refractivity contribution is 5.94. The van der Waals surface area contributed by atoms with Crippen LogP contribution in [0.1, 0.15) is 12.0 Å². The molecule has 0 radical (unpaired) electrons. The van der Waals surface area contributed by atoms with Gasteiger partial charge in [0.15, 0.2) is 0 Å². The third-order valence-corrected chi connectivity index (χ3v) is 4.53. The van der Waals surface area contributed by atoms with Crippen molar-refractivity contribution in [2.45, 2.75) is 13.0 Å². The van der Waals surface area contributed by atoms with E-state index in [1.54, 1.807) is 0 Å². The van der Waals surface area contributed by atoms with Crippen LogP contribution >= 0.6 is 0 Å². The number of nitrogens with zero attached hydrogens (tertiary/aromatic N) is 1. The average Bonchev–Trinajstić information content (AvgIpc) is 3.11. The van der Waals surface area contributed by atoms with Gasteiger partial charge in [0.25, 0.3) is 0 Å². The van der Waals surface area contributed by atoms with E-state index in [0.717, 1.165) is 28.8 Å². The summed E-state index contributed by atoms with van der Waals surface area (Å²) in [6.45, 7) is 1.41. The Kier molecular flexibility index (Phi) is 4.11. The van der Waals surface area contributed by atoms with Crippen LogP contribution in [0.3, 0.4) is 0 Å². The van der Waals surface area contributed by atoms with Gasteiger partial charge in [0.2, 0.25) is 0 Å². The molecule has 0 bridgehead atoms. The number of aromatic nitrogens is 1. The van der Waals surface area contributed by atoms with Crippen molar-refractivity contribution in [2.24, 2.45) is 0 Å². The number of allylic oxidation sites excluding steroid dienone is 1. The van der Waals surface area contributed by atoms with E-state index < -0.39 is 0 Å². The Hall–Kier alpha value is -3.23. The molecule has 0 fully saturated rings. The van der Waals surface area contributed by atoms with Crippen LogP contribution in [0.2, 0.25) is 0 Å². The highest BCUT2D eigenvalue weighted by Crippen LogP contribution is 2.31. The quantitative estimate of drug-likeness (QED) is 0.716. The van der Waals surface area contributed by atoms with Gasteiger partial charge in [0.1, 0.15) is 11.6 Å². The Morgan fingerprint density at radius 3 is 2.72 bits per heavy atom. The van der Waals surface area contributed by atoms with Crippen LogP contribution in [-0.2, 0) is 11.3 Å². The summed E-state index contributed by atoms with van der Waals surface area (Å²) < 4.78 is 0. The zero-order valence-electron chi connectivity index (χ0n) is 13.8. The molecule has 1 aliphatic rings. The van der Waals surface area contributed by atoms with Gasteiger partial charge in [-0.25, -0.2) is 4.79 Å². The standard InChI is InChI=1S/C21H19N3O/c25-15-18-11-10-17(22-12-16-6-2-1-3-7-16)14-24(18)21-13-23-20-9-5-4-8-19(20)21/h1-10,13,22-23H,11-12,14H2. The lowest BCUT2D eigenvalue weighted by Gasteiger charge is -2.29. The number of benzene rings is 2. The Balaban J connectivity index is 1.58. The van der Waals surface area contributed by atoms with E-state index in [2.05, 4.69) is 40.5 Å². The van der Waals surface area contributed by atoms with E-state index in [1.807, 2.05) is 47.5 Å². The number of hydrogen-bond acceptors (Lipinski definition) is 3. The lowest BCUT2D eigenvalue weighted by atomic mass is 10.1. The molecule has 124 valence electrons. The zero-order chi connectivity index (χ0) is 17.1. The third-order valence-electron chi connectivity index (χ3n) is 4.53. The number of para-hydroxylation sites is 1. The molecule has 0 saturated heterocycles. The fourth-order valence-corrected chi connectivity index (χ4v) is 3.21. The number of rotatable bonds is 4. The van der Waals surface area contributed by atoms with Crippen molar-refractivity contribution in [2.75, 3.05) is 11.4 Å². The molecule has 3 aromatic rings. The van der Waals surface area contributed by atoms with Crippen molar-refractivity contribution < 1.29 is 4.79 Å². The molecule has 4 heteroatoms. The number of carbonyl (C=O) groups excluding carboxylic acids is 1. The molecular weight excluding hydrogens is 310 g/mol. The molecule has 2 N–H and O–H groups in total. The van der Waals surface area contributed by atoms with Crippen LogP contribution in [0.5, 0.6) is 0 Å². The predicted octanol–water partition coefficient (Wildman–Crippen LogP) is 3.77. The summed E-state index contributed by atoms with van der Waals surface area (Å²) in [7, 11) is 0. The van der Waals surface area contributed by atoms with Crippen LogP contribution in [0.15, 0.2) is 78.3 Å². The minimum atomic E-state index is 0.583. The molecule has 0 amide bonds. The van der Waals surface area contributed by atoms with Gasteiger partial charge in [-0.1, -0.05) is 54.6 Å². The van der Waals surface area contributed by atoms with Crippen LogP contribution in [0.25, 0.3) is 10.9 Å². The first-order chi connectivity index (χ1) is 12.3. The molecular formula is C21H19N3O. The van der Waals surface area contributed by atoms with E-state index in [0.29, 0.717) is 18.7 Å². The van der Waals surface area contributed by atoms with E-state index in [9.17, 15) is 4.79 Å². The SMILES string of the molecule is O=C=C1CC=C(NCc2ccccc2)CN1c1c[nH]c2ccccc12. The fraction of sp³-hybridized carbons (Fsp3) is 0.143. The van der Waals surface area contributed by atoms with E-state index >= 15 is 0 Å². The van der Waals surface area contributed by atoms with Crippen LogP contribution in [-0.4, -0.2) is 17.5 Å². The van der Waals surface area contributed by atoms with Crippen molar-refractivity contribution in [3.63, 3.8) is 0 Å². The maximum atomic E-state index is 11.4. The van der Waals surface area contributed by atoms with Crippen molar-refractivity contribution in [1.82, 2.24) is 10.3 Å². The smallest absolute Gasteiger partial charge is 0.146 e. The Morgan fingerprint density at radius 1 is 1.08 bits per heavy atom. The molecule has 0 atom stereocenters. The van der Waals surface area contributed by atoms with Crippen molar-refractivity contribution in [3.8, 4) is 0 Å². The lowest BCUT2D eigenvalue weighted by molar-refractivity contribution is 0.565. The van der Waals surface area contributed by atoms with Gasteiger partial charge < -0.3 is 15.2 Å². The van der Waals surface area contributed by atoms with Crippen molar-refractivity contribution in [1.29, 1.82) is 0 Å². The van der Waals surface area contributed by atoms with E-state index in [1.165, 1.54) is 5.56 Å². The summed E-state index contributed by atoms with van der Waals surface area (Å²) in [5.74, 6) is 2.11. The van der Waals surface area contributed by atoms with Gasteiger partial charge in [0.05, 0.1) is 12.2 Å². The number of aromatic amines is 1. The number of H-pyrrole nitrogens is 1. The molecule has 0 aliphatic carbocycles. The van der Waals surface area contributed by atoms with E-state index in [-0.39, 0.29) is 0 Å². The third kappa shape index (κ3) is 3.08. The minimum Gasteiger partial charge on any atom is -0.383 e. The summed E-state index contributed by atoms with van der Waals surface area (Å²) >= 11 is 0. The molecule has 1 aromatic heterocycles. The summed E-state index contributed by atoms with van der Waals surface area (Å²) in [5, 5.41) is 4.60. The molecule has 0 spiro atoms. The lowest BCUT2D eigenvalue weighted by Crippen LogP contribution is -2.33. The second-order valence-corrected chi connectivity index (χ2v) is 6.13. The number of anilines is 1. The van der Waals surface area contributed by atoms with Gasteiger partial charge in [0, 0.05) is 35.8 Å². The van der Waals surface area contributed by atoms with Gasteiger partial charge in [-0.3, -0.25) is 0 Å². The number of fused-ring (bicyclic) bond motifs is 1. The Bertz CT molecular complexity index is 965. The fourth-order valence-electron chi connectivity index (χ4n) is 3.21. The van der Waals surface area contributed by atoms with Gasteiger partial charge in [-0.15, -0.1) is 0 Å². The summed E-state index contributed by atoms with van der Waals surface area (Å²) in [5.41, 5.74) is 5.10. The molecule has 2 heterocycles. The van der Waals surface area contributed by atoms with E-state index in [4.69, 9.17) is 0 Å².